The number of carbonyl (C=O) groups is 2. The highest BCUT2D eigenvalue weighted by Crippen LogP contribution is 2.22. The zero-order valence-corrected chi connectivity index (χ0v) is 17.5. The first-order valence-corrected chi connectivity index (χ1v) is 10.0. The highest BCUT2D eigenvalue weighted by Gasteiger charge is 2.21. The SMILES string of the molecule is CNC(=O)CN1CCN(C(=O)C=Cc2c(C)nn(Cc3ccccc3)c2Cl)CC1. The van der Waals surface area contributed by atoms with Crippen molar-refractivity contribution in [2.45, 2.75) is 13.5 Å². The van der Waals surface area contributed by atoms with Gasteiger partial charge in [0.25, 0.3) is 0 Å². The monoisotopic (exact) mass is 415 g/mol. The van der Waals surface area contributed by atoms with E-state index in [0.29, 0.717) is 44.4 Å². The molecule has 8 heteroatoms. The maximum Gasteiger partial charge on any atom is 0.246 e. The van der Waals surface area contributed by atoms with E-state index in [0.717, 1.165) is 16.8 Å². The van der Waals surface area contributed by atoms with Gasteiger partial charge in [-0.2, -0.15) is 5.10 Å². The highest BCUT2D eigenvalue weighted by molar-refractivity contribution is 6.31. The molecule has 2 aromatic rings. The predicted octanol–water partition coefficient (Wildman–Crippen LogP) is 1.80. The van der Waals surface area contributed by atoms with Gasteiger partial charge in [-0.3, -0.25) is 14.5 Å². The smallest absolute Gasteiger partial charge is 0.246 e. The molecule has 1 aliphatic heterocycles. The van der Waals surface area contributed by atoms with Gasteiger partial charge in [0.2, 0.25) is 11.8 Å². The zero-order valence-electron chi connectivity index (χ0n) is 16.8. The number of rotatable bonds is 6. The Morgan fingerprint density at radius 1 is 1.17 bits per heavy atom. The Morgan fingerprint density at radius 3 is 2.52 bits per heavy atom. The molecule has 1 N–H and O–H groups in total. The molecule has 0 bridgehead atoms. The van der Waals surface area contributed by atoms with E-state index in [1.54, 1.807) is 28.8 Å². The van der Waals surface area contributed by atoms with Gasteiger partial charge < -0.3 is 10.2 Å². The molecule has 1 aliphatic rings. The zero-order chi connectivity index (χ0) is 20.8. The Kier molecular flexibility index (Phi) is 7.06. The summed E-state index contributed by atoms with van der Waals surface area (Å²) in [6, 6.07) is 9.98. The first-order chi connectivity index (χ1) is 14.0. The fourth-order valence-corrected chi connectivity index (χ4v) is 3.58. The average Bonchev–Trinajstić information content (AvgIpc) is 3.00. The largest absolute Gasteiger partial charge is 0.358 e. The summed E-state index contributed by atoms with van der Waals surface area (Å²) in [6.45, 7) is 5.39. The maximum atomic E-state index is 12.5. The van der Waals surface area contributed by atoms with E-state index < -0.39 is 0 Å². The van der Waals surface area contributed by atoms with E-state index in [-0.39, 0.29) is 11.8 Å². The van der Waals surface area contributed by atoms with Gasteiger partial charge in [0.1, 0.15) is 5.15 Å². The molecule has 1 aromatic heterocycles. The van der Waals surface area contributed by atoms with Gasteiger partial charge >= 0.3 is 0 Å². The standard InChI is InChI=1S/C21H26ClN5O2/c1-16-18(21(22)27(24-16)14-17-6-4-3-5-7-17)8-9-20(29)26-12-10-25(11-13-26)15-19(28)23-2/h3-9H,10-15H2,1-2H3,(H,23,28). The van der Waals surface area contributed by atoms with Gasteiger partial charge in [0, 0.05) is 44.9 Å². The van der Waals surface area contributed by atoms with E-state index in [1.165, 1.54) is 0 Å². The minimum Gasteiger partial charge on any atom is -0.358 e. The van der Waals surface area contributed by atoms with E-state index in [1.807, 2.05) is 42.2 Å². The lowest BCUT2D eigenvalue weighted by molar-refractivity contribution is -0.128. The summed E-state index contributed by atoms with van der Waals surface area (Å²) in [5, 5.41) is 7.64. The summed E-state index contributed by atoms with van der Waals surface area (Å²) < 4.78 is 1.74. The molecule has 0 spiro atoms. The van der Waals surface area contributed by atoms with Crippen molar-refractivity contribution in [1.29, 1.82) is 0 Å². The lowest BCUT2D eigenvalue weighted by Gasteiger charge is -2.33. The second-order valence-electron chi connectivity index (χ2n) is 7.04. The molecule has 2 heterocycles. The van der Waals surface area contributed by atoms with Crippen molar-refractivity contribution in [2.75, 3.05) is 39.8 Å². The Balaban J connectivity index is 1.60. The number of amides is 2. The van der Waals surface area contributed by atoms with Crippen LogP contribution in [0.5, 0.6) is 0 Å². The van der Waals surface area contributed by atoms with Crippen molar-refractivity contribution in [3.05, 3.63) is 58.4 Å². The molecule has 0 aliphatic carbocycles. The van der Waals surface area contributed by atoms with Crippen LogP contribution in [0.4, 0.5) is 0 Å². The maximum absolute atomic E-state index is 12.5. The number of hydrogen-bond donors (Lipinski definition) is 1. The van der Waals surface area contributed by atoms with Crippen LogP contribution in [-0.4, -0.2) is 71.2 Å². The molecule has 1 aromatic carbocycles. The second-order valence-corrected chi connectivity index (χ2v) is 7.40. The fourth-order valence-electron chi connectivity index (χ4n) is 3.29. The summed E-state index contributed by atoms with van der Waals surface area (Å²) in [7, 11) is 1.63. The predicted molar refractivity (Wildman–Crippen MR) is 114 cm³/mol. The summed E-state index contributed by atoms with van der Waals surface area (Å²) in [4.78, 5) is 27.8. The molecule has 0 saturated carbocycles. The van der Waals surface area contributed by atoms with E-state index >= 15 is 0 Å². The number of halogens is 1. The molecule has 1 saturated heterocycles. The van der Waals surface area contributed by atoms with Crippen molar-refractivity contribution in [3.63, 3.8) is 0 Å². The molecule has 0 unspecified atom stereocenters. The quantitative estimate of drug-likeness (QED) is 0.730. The lowest BCUT2D eigenvalue weighted by Crippen LogP contribution is -2.50. The van der Waals surface area contributed by atoms with Crippen LogP contribution >= 0.6 is 11.6 Å². The third-order valence-corrected chi connectivity index (χ3v) is 5.41. The minimum absolute atomic E-state index is 0.0118. The van der Waals surface area contributed by atoms with Crippen molar-refractivity contribution in [2.24, 2.45) is 0 Å². The summed E-state index contributed by atoms with van der Waals surface area (Å²) in [5.74, 6) is -0.0711. The number of nitrogens with zero attached hydrogens (tertiary/aromatic N) is 4. The molecule has 0 radical (unpaired) electrons. The Morgan fingerprint density at radius 2 is 1.86 bits per heavy atom. The van der Waals surface area contributed by atoms with Crippen LogP contribution in [-0.2, 0) is 16.1 Å². The molecule has 1 fully saturated rings. The van der Waals surface area contributed by atoms with E-state index in [9.17, 15) is 9.59 Å². The molecule has 29 heavy (non-hydrogen) atoms. The number of aromatic nitrogens is 2. The van der Waals surface area contributed by atoms with Crippen molar-refractivity contribution < 1.29 is 9.59 Å². The molecular weight excluding hydrogens is 390 g/mol. The van der Waals surface area contributed by atoms with Gasteiger partial charge in [-0.25, -0.2) is 4.68 Å². The van der Waals surface area contributed by atoms with Crippen LogP contribution in [0.2, 0.25) is 5.15 Å². The molecule has 154 valence electrons. The molecule has 3 rings (SSSR count). The third kappa shape index (κ3) is 5.46. The second kappa shape index (κ2) is 9.71. The van der Waals surface area contributed by atoms with Crippen LogP contribution < -0.4 is 5.32 Å². The van der Waals surface area contributed by atoms with Crippen LogP contribution in [0, 0.1) is 6.92 Å². The fraction of sp³-hybridized carbons (Fsp3) is 0.381. The summed E-state index contributed by atoms with van der Waals surface area (Å²) >= 11 is 6.51. The highest BCUT2D eigenvalue weighted by atomic mass is 35.5. The number of nitrogens with one attached hydrogen (secondary N) is 1. The molecular formula is C21H26ClN5O2. The number of aryl methyl sites for hydroxylation is 1. The van der Waals surface area contributed by atoms with Crippen molar-refractivity contribution in [3.8, 4) is 0 Å². The molecule has 7 nitrogen and oxygen atoms in total. The Labute approximate surface area is 175 Å². The molecule has 2 amide bonds. The van der Waals surface area contributed by atoms with E-state index in [4.69, 9.17) is 11.6 Å². The van der Waals surface area contributed by atoms with Gasteiger partial charge in [-0.1, -0.05) is 41.9 Å². The third-order valence-electron chi connectivity index (χ3n) is 5.01. The topological polar surface area (TPSA) is 70.5 Å². The Bertz CT molecular complexity index is 886. The summed E-state index contributed by atoms with van der Waals surface area (Å²) in [5.41, 5.74) is 2.65. The van der Waals surface area contributed by atoms with Crippen LogP contribution in [0.1, 0.15) is 16.8 Å². The number of benzene rings is 1. The first kappa shape index (κ1) is 21.1. The van der Waals surface area contributed by atoms with Crippen molar-refractivity contribution >= 4 is 29.5 Å². The number of piperazine rings is 1. The molecule has 0 atom stereocenters. The van der Waals surface area contributed by atoms with Crippen molar-refractivity contribution in [1.82, 2.24) is 24.9 Å². The first-order valence-electron chi connectivity index (χ1n) is 9.64. The Hall–Kier alpha value is -2.64. The van der Waals surface area contributed by atoms with Gasteiger partial charge in [0.05, 0.1) is 18.8 Å². The van der Waals surface area contributed by atoms with Gasteiger partial charge in [0.15, 0.2) is 0 Å². The van der Waals surface area contributed by atoms with Crippen LogP contribution in [0.15, 0.2) is 36.4 Å². The number of likely N-dealkylation sites (N-methyl/N-ethyl adjacent to an activating group) is 1. The van der Waals surface area contributed by atoms with Gasteiger partial charge in [-0.15, -0.1) is 0 Å². The normalized spacial score (nSPS) is 15.1. The number of carbonyl (C=O) groups excluding carboxylic acids is 2. The van der Waals surface area contributed by atoms with Crippen LogP contribution in [0.3, 0.4) is 0 Å². The van der Waals surface area contributed by atoms with Gasteiger partial charge in [-0.05, 0) is 18.6 Å². The minimum atomic E-state index is -0.0594. The number of hydrogen-bond acceptors (Lipinski definition) is 4. The van der Waals surface area contributed by atoms with E-state index in [2.05, 4.69) is 10.4 Å². The average molecular weight is 416 g/mol. The van der Waals surface area contributed by atoms with Crippen LogP contribution in [0.25, 0.3) is 6.08 Å². The lowest BCUT2D eigenvalue weighted by atomic mass is 10.2. The summed E-state index contributed by atoms with van der Waals surface area (Å²) in [6.07, 6.45) is 3.29.